The number of carbonyl (C=O) groups excluding carboxylic acids is 1. The first-order valence-corrected chi connectivity index (χ1v) is 6.19. The number of isocyanates is 1. The minimum absolute atomic E-state index is 0.656. The quantitative estimate of drug-likeness (QED) is 0.257. The van der Waals surface area contributed by atoms with Gasteiger partial charge in [0.2, 0.25) is 6.08 Å². The van der Waals surface area contributed by atoms with Crippen LogP contribution in [0.5, 0.6) is 0 Å². The highest BCUT2D eigenvalue weighted by atomic mass is 32.1. The van der Waals surface area contributed by atoms with Crippen molar-refractivity contribution in [3.63, 3.8) is 0 Å². The van der Waals surface area contributed by atoms with E-state index >= 15 is 0 Å². The first-order chi connectivity index (χ1) is 6.91. The van der Waals surface area contributed by atoms with Crippen molar-refractivity contribution in [2.75, 3.05) is 12.3 Å². The fourth-order valence-corrected chi connectivity index (χ4v) is 1.63. The molecule has 0 aromatic rings. The van der Waals surface area contributed by atoms with Crippen LogP contribution in [0.4, 0.5) is 0 Å². The van der Waals surface area contributed by atoms with Crippen molar-refractivity contribution in [2.45, 2.75) is 51.4 Å². The first-order valence-electron chi connectivity index (χ1n) is 5.56. The van der Waals surface area contributed by atoms with Gasteiger partial charge in [-0.15, -0.1) is 0 Å². The van der Waals surface area contributed by atoms with Gasteiger partial charge >= 0.3 is 0 Å². The number of hydrogen-bond donors (Lipinski definition) is 1. The molecule has 2 nitrogen and oxygen atoms in total. The minimum atomic E-state index is 0.656. The molecule has 0 spiro atoms. The molecule has 3 heteroatoms. The molecule has 0 N–H and O–H groups in total. The van der Waals surface area contributed by atoms with Crippen LogP contribution < -0.4 is 0 Å². The van der Waals surface area contributed by atoms with E-state index in [9.17, 15) is 4.79 Å². The lowest BCUT2D eigenvalue weighted by Crippen LogP contribution is -1.84. The molecule has 0 saturated carbocycles. The molecule has 0 radical (unpaired) electrons. The van der Waals surface area contributed by atoms with Crippen LogP contribution in [0.2, 0.25) is 0 Å². The van der Waals surface area contributed by atoms with Crippen LogP contribution in [0.15, 0.2) is 4.99 Å². The van der Waals surface area contributed by atoms with Crippen molar-refractivity contribution in [1.29, 1.82) is 0 Å². The van der Waals surface area contributed by atoms with Gasteiger partial charge in [0.25, 0.3) is 0 Å². The van der Waals surface area contributed by atoms with E-state index in [4.69, 9.17) is 0 Å². The SMILES string of the molecule is O=C=NCCCCCCCCCCS. The standard InChI is InChI=1S/C11H21NOS/c13-11-12-9-7-5-3-1-2-4-6-8-10-14/h14H,1-10H2. The van der Waals surface area contributed by atoms with E-state index < -0.39 is 0 Å². The first kappa shape index (κ1) is 13.7. The molecule has 0 aliphatic carbocycles. The average molecular weight is 215 g/mol. The van der Waals surface area contributed by atoms with Crippen molar-refractivity contribution in [2.24, 2.45) is 4.99 Å². The molecule has 0 heterocycles. The highest BCUT2D eigenvalue weighted by molar-refractivity contribution is 7.80. The minimum Gasteiger partial charge on any atom is -0.211 e. The molecular formula is C11H21NOS. The summed E-state index contributed by atoms with van der Waals surface area (Å²) in [6.45, 7) is 0.656. The number of rotatable bonds is 10. The molecule has 0 rings (SSSR count). The number of nitrogens with zero attached hydrogens (tertiary/aromatic N) is 1. The van der Waals surface area contributed by atoms with Crippen molar-refractivity contribution in [1.82, 2.24) is 0 Å². The van der Waals surface area contributed by atoms with E-state index in [0.29, 0.717) is 6.54 Å². The Labute approximate surface area is 92.6 Å². The second kappa shape index (κ2) is 12.7. The molecule has 82 valence electrons. The Balaban J connectivity index is 2.88. The van der Waals surface area contributed by atoms with Crippen LogP contribution in [0, 0.1) is 0 Å². The monoisotopic (exact) mass is 215 g/mol. The lowest BCUT2D eigenvalue weighted by molar-refractivity contribution is 0.558. The maximum absolute atomic E-state index is 9.74. The molecule has 0 amide bonds. The number of hydrogen-bond acceptors (Lipinski definition) is 3. The van der Waals surface area contributed by atoms with E-state index in [2.05, 4.69) is 17.6 Å². The van der Waals surface area contributed by atoms with E-state index in [1.165, 1.54) is 44.9 Å². The van der Waals surface area contributed by atoms with Gasteiger partial charge in [-0.1, -0.05) is 38.5 Å². The topological polar surface area (TPSA) is 29.4 Å². The molecule has 0 aliphatic heterocycles. The van der Waals surface area contributed by atoms with Crippen LogP contribution >= 0.6 is 12.6 Å². The molecule has 0 bridgehead atoms. The number of thiol groups is 1. The van der Waals surface area contributed by atoms with Crippen molar-refractivity contribution < 1.29 is 4.79 Å². The Kier molecular flexibility index (Phi) is 12.5. The predicted molar refractivity (Wildman–Crippen MR) is 63.8 cm³/mol. The average Bonchev–Trinajstić information content (AvgIpc) is 2.21. The van der Waals surface area contributed by atoms with Gasteiger partial charge in [-0.3, -0.25) is 0 Å². The normalized spacial score (nSPS) is 9.79. The van der Waals surface area contributed by atoms with Crippen LogP contribution in [-0.2, 0) is 4.79 Å². The Morgan fingerprint density at radius 2 is 1.36 bits per heavy atom. The predicted octanol–water partition coefficient (Wildman–Crippen LogP) is 3.37. The Bertz CT molecular complexity index is 155. The lowest BCUT2D eigenvalue weighted by Gasteiger charge is -1.99. The van der Waals surface area contributed by atoms with Gasteiger partial charge in [-0.2, -0.15) is 12.6 Å². The maximum atomic E-state index is 9.74. The Morgan fingerprint density at radius 3 is 1.86 bits per heavy atom. The third kappa shape index (κ3) is 11.7. The molecule has 0 unspecified atom stereocenters. The highest BCUT2D eigenvalue weighted by Gasteiger charge is 1.91. The summed E-state index contributed by atoms with van der Waals surface area (Å²) in [5, 5.41) is 0. The Morgan fingerprint density at radius 1 is 0.857 bits per heavy atom. The molecule has 14 heavy (non-hydrogen) atoms. The molecule has 0 saturated heterocycles. The van der Waals surface area contributed by atoms with Crippen molar-refractivity contribution in [3.05, 3.63) is 0 Å². The zero-order valence-corrected chi connectivity index (χ0v) is 9.77. The maximum Gasteiger partial charge on any atom is 0.234 e. The van der Waals surface area contributed by atoms with Gasteiger partial charge in [0, 0.05) is 0 Å². The fourth-order valence-electron chi connectivity index (χ4n) is 1.41. The van der Waals surface area contributed by atoms with E-state index in [-0.39, 0.29) is 0 Å². The summed E-state index contributed by atoms with van der Waals surface area (Å²) in [6, 6.07) is 0. The number of aliphatic imine (C=N–C) groups is 1. The van der Waals surface area contributed by atoms with Gasteiger partial charge in [0.15, 0.2) is 0 Å². The van der Waals surface area contributed by atoms with Crippen molar-refractivity contribution in [3.8, 4) is 0 Å². The summed E-state index contributed by atoms with van der Waals surface area (Å²) in [4.78, 5) is 13.3. The molecule has 0 aromatic heterocycles. The smallest absolute Gasteiger partial charge is 0.211 e. The van der Waals surface area contributed by atoms with Gasteiger partial charge in [-0.05, 0) is 18.6 Å². The van der Waals surface area contributed by atoms with Gasteiger partial charge < -0.3 is 0 Å². The molecule has 0 aromatic carbocycles. The summed E-state index contributed by atoms with van der Waals surface area (Å²) in [5.74, 6) is 1.02. The lowest BCUT2D eigenvalue weighted by atomic mass is 10.1. The molecule has 0 aliphatic rings. The number of unbranched alkanes of at least 4 members (excludes halogenated alkanes) is 7. The van der Waals surface area contributed by atoms with Crippen LogP contribution in [-0.4, -0.2) is 18.4 Å². The fraction of sp³-hybridized carbons (Fsp3) is 0.909. The van der Waals surface area contributed by atoms with Gasteiger partial charge in [0.05, 0.1) is 6.54 Å². The summed E-state index contributed by atoms with van der Waals surface area (Å²) in [5.41, 5.74) is 0. The second-order valence-corrected chi connectivity index (χ2v) is 3.97. The summed E-state index contributed by atoms with van der Waals surface area (Å²) >= 11 is 4.17. The molecule has 0 fully saturated rings. The second-order valence-electron chi connectivity index (χ2n) is 3.53. The Hall–Kier alpha value is -0.270. The summed E-state index contributed by atoms with van der Waals surface area (Å²) in [6.07, 6.45) is 11.6. The largest absolute Gasteiger partial charge is 0.234 e. The zero-order valence-electron chi connectivity index (χ0n) is 8.87. The van der Waals surface area contributed by atoms with Crippen molar-refractivity contribution >= 4 is 18.7 Å². The zero-order chi connectivity index (χ0) is 10.5. The summed E-state index contributed by atoms with van der Waals surface area (Å²) in [7, 11) is 0. The van der Waals surface area contributed by atoms with Crippen LogP contribution in [0.1, 0.15) is 51.4 Å². The van der Waals surface area contributed by atoms with Crippen LogP contribution in [0.3, 0.4) is 0 Å². The van der Waals surface area contributed by atoms with Gasteiger partial charge in [0.1, 0.15) is 0 Å². The summed E-state index contributed by atoms with van der Waals surface area (Å²) < 4.78 is 0. The highest BCUT2D eigenvalue weighted by Crippen LogP contribution is 2.08. The molecular weight excluding hydrogens is 194 g/mol. The van der Waals surface area contributed by atoms with E-state index in [1.54, 1.807) is 6.08 Å². The van der Waals surface area contributed by atoms with E-state index in [1.807, 2.05) is 0 Å². The molecule has 0 atom stereocenters. The van der Waals surface area contributed by atoms with Crippen LogP contribution in [0.25, 0.3) is 0 Å². The third-order valence-electron chi connectivity index (χ3n) is 2.24. The van der Waals surface area contributed by atoms with Gasteiger partial charge in [-0.25, -0.2) is 9.79 Å². The van der Waals surface area contributed by atoms with E-state index in [0.717, 1.165) is 12.2 Å². The third-order valence-corrected chi connectivity index (χ3v) is 2.56.